The fraction of sp³-hybridized carbons (Fsp3) is 0.615. The predicted molar refractivity (Wildman–Crippen MR) is 147 cm³/mol. The van der Waals surface area contributed by atoms with Gasteiger partial charge in [-0.25, -0.2) is 15.0 Å². The van der Waals surface area contributed by atoms with Crippen LogP contribution in [0, 0.1) is 0 Å². The molecule has 3 aliphatic rings. The Morgan fingerprint density at radius 1 is 1.08 bits per heavy atom. The molecule has 2 saturated heterocycles. The SMILES string of the molecule is CC1(C)Cc2c(c(N3CCOCC3)nc3sc4c(NCC(=O)NCCN5CCOCC5)ncnc4c23)CO1. The van der Waals surface area contributed by atoms with Crippen molar-refractivity contribution in [3.63, 3.8) is 0 Å². The minimum Gasteiger partial charge on any atom is -0.379 e. The molecule has 6 heterocycles. The van der Waals surface area contributed by atoms with E-state index >= 15 is 0 Å². The van der Waals surface area contributed by atoms with Gasteiger partial charge in [0.25, 0.3) is 0 Å². The Kier molecular flexibility index (Phi) is 7.32. The van der Waals surface area contributed by atoms with E-state index in [1.54, 1.807) is 17.7 Å². The first-order valence-electron chi connectivity index (χ1n) is 13.3. The highest BCUT2D eigenvalue weighted by Crippen LogP contribution is 2.44. The van der Waals surface area contributed by atoms with Crippen molar-refractivity contribution in [1.82, 2.24) is 25.2 Å². The van der Waals surface area contributed by atoms with E-state index in [2.05, 4.69) is 44.2 Å². The lowest BCUT2D eigenvalue weighted by Gasteiger charge is -2.36. The number of pyridine rings is 1. The number of nitrogens with zero attached hydrogens (tertiary/aromatic N) is 5. The van der Waals surface area contributed by atoms with E-state index in [-0.39, 0.29) is 18.1 Å². The summed E-state index contributed by atoms with van der Waals surface area (Å²) in [5.74, 6) is 1.59. The second-order valence-corrected chi connectivity index (χ2v) is 11.6. The number of thiophene rings is 1. The Labute approximate surface area is 225 Å². The minimum absolute atomic E-state index is 0.0601. The number of aromatic nitrogens is 3. The third-order valence-corrected chi connectivity index (χ3v) is 8.47. The monoisotopic (exact) mass is 541 g/mol. The van der Waals surface area contributed by atoms with Gasteiger partial charge >= 0.3 is 0 Å². The van der Waals surface area contributed by atoms with E-state index in [1.807, 2.05) is 0 Å². The Morgan fingerprint density at radius 3 is 2.63 bits per heavy atom. The van der Waals surface area contributed by atoms with E-state index in [1.165, 1.54) is 5.56 Å². The van der Waals surface area contributed by atoms with E-state index in [0.717, 1.165) is 84.2 Å². The van der Waals surface area contributed by atoms with Crippen molar-refractivity contribution in [2.75, 3.05) is 82.5 Å². The van der Waals surface area contributed by atoms with E-state index < -0.39 is 0 Å². The fourth-order valence-corrected chi connectivity index (χ4v) is 6.48. The Bertz CT molecular complexity index is 1320. The summed E-state index contributed by atoms with van der Waals surface area (Å²) < 4.78 is 18.1. The van der Waals surface area contributed by atoms with Gasteiger partial charge in [0.05, 0.1) is 55.4 Å². The van der Waals surface area contributed by atoms with Gasteiger partial charge in [0, 0.05) is 56.6 Å². The molecule has 1 amide bonds. The first-order valence-corrected chi connectivity index (χ1v) is 14.2. The first kappa shape index (κ1) is 25.6. The molecular formula is C26H35N7O4S. The van der Waals surface area contributed by atoms with Crippen molar-refractivity contribution in [3.05, 3.63) is 17.5 Å². The number of fused-ring (bicyclic) bond motifs is 5. The van der Waals surface area contributed by atoms with Gasteiger partial charge in [-0.15, -0.1) is 11.3 Å². The molecule has 0 unspecified atom stereocenters. The first-order chi connectivity index (χ1) is 18.5. The van der Waals surface area contributed by atoms with Crippen molar-refractivity contribution in [2.45, 2.75) is 32.5 Å². The average molecular weight is 542 g/mol. The number of morpholine rings is 2. The van der Waals surface area contributed by atoms with Crippen LogP contribution in [-0.4, -0.2) is 104 Å². The standard InChI is InChI=1S/C26H35N7O4S/c1-26(2)13-17-18(15-37-26)24(33-7-11-36-12-8-33)31-25-20(17)21-22(38-25)23(30-16-29-21)28-14-19(34)27-3-4-32-5-9-35-10-6-32/h16H,3-15H2,1-2H3,(H,27,34)(H,28,29,30). The van der Waals surface area contributed by atoms with Gasteiger partial charge in [0.1, 0.15) is 22.8 Å². The molecule has 6 rings (SSSR count). The Balaban J connectivity index is 1.26. The number of amides is 1. The molecule has 2 fully saturated rings. The summed E-state index contributed by atoms with van der Waals surface area (Å²) in [4.78, 5) is 32.4. The van der Waals surface area contributed by atoms with Crippen LogP contribution in [0.2, 0.25) is 0 Å². The summed E-state index contributed by atoms with van der Waals surface area (Å²) in [5.41, 5.74) is 3.01. The molecule has 12 heteroatoms. The number of ether oxygens (including phenoxy) is 3. The number of carbonyl (C=O) groups excluding carboxylic acids is 1. The summed E-state index contributed by atoms with van der Waals surface area (Å²) in [5, 5.41) is 7.33. The van der Waals surface area contributed by atoms with Gasteiger partial charge in [0.15, 0.2) is 0 Å². The highest BCUT2D eigenvalue weighted by Gasteiger charge is 2.33. The Hall–Kier alpha value is -2.64. The molecule has 3 aromatic heterocycles. The van der Waals surface area contributed by atoms with Crippen LogP contribution < -0.4 is 15.5 Å². The molecular weight excluding hydrogens is 506 g/mol. The van der Waals surface area contributed by atoms with Crippen molar-refractivity contribution >= 4 is 49.3 Å². The van der Waals surface area contributed by atoms with Gasteiger partial charge in [-0.2, -0.15) is 0 Å². The van der Waals surface area contributed by atoms with Crippen LogP contribution >= 0.6 is 11.3 Å². The molecule has 0 aromatic carbocycles. The lowest BCUT2D eigenvalue weighted by Crippen LogP contribution is -2.42. The lowest BCUT2D eigenvalue weighted by atomic mass is 9.90. The van der Waals surface area contributed by atoms with Crippen LogP contribution in [-0.2, 0) is 32.0 Å². The molecule has 11 nitrogen and oxygen atoms in total. The second kappa shape index (κ2) is 10.9. The zero-order valence-electron chi connectivity index (χ0n) is 22.0. The van der Waals surface area contributed by atoms with Crippen LogP contribution in [0.4, 0.5) is 11.6 Å². The maximum atomic E-state index is 12.6. The molecule has 0 aliphatic carbocycles. The highest BCUT2D eigenvalue weighted by atomic mass is 32.1. The molecule has 0 bridgehead atoms. The van der Waals surface area contributed by atoms with E-state index in [9.17, 15) is 4.79 Å². The zero-order chi connectivity index (χ0) is 26.1. The summed E-state index contributed by atoms with van der Waals surface area (Å²) in [7, 11) is 0. The molecule has 2 N–H and O–H groups in total. The quantitative estimate of drug-likeness (QED) is 0.459. The molecule has 204 valence electrons. The third-order valence-electron chi connectivity index (χ3n) is 7.39. The van der Waals surface area contributed by atoms with Crippen LogP contribution in [0.5, 0.6) is 0 Å². The number of hydrogen-bond donors (Lipinski definition) is 2. The number of carbonyl (C=O) groups is 1. The summed E-state index contributed by atoms with van der Waals surface area (Å²) >= 11 is 1.58. The van der Waals surface area contributed by atoms with Gasteiger partial charge < -0.3 is 29.7 Å². The van der Waals surface area contributed by atoms with Gasteiger partial charge in [-0.05, 0) is 19.4 Å². The summed E-state index contributed by atoms with van der Waals surface area (Å²) in [6.07, 6.45) is 2.35. The molecule has 0 saturated carbocycles. The van der Waals surface area contributed by atoms with Crippen molar-refractivity contribution in [2.24, 2.45) is 0 Å². The summed E-state index contributed by atoms with van der Waals surface area (Å²) in [6.45, 7) is 12.7. The Morgan fingerprint density at radius 2 is 1.84 bits per heavy atom. The normalized spacial score (nSPS) is 20.0. The zero-order valence-corrected chi connectivity index (χ0v) is 22.9. The summed E-state index contributed by atoms with van der Waals surface area (Å²) in [6, 6.07) is 0. The molecule has 3 aromatic rings. The fourth-order valence-electron chi connectivity index (χ4n) is 5.36. The number of nitrogens with one attached hydrogen (secondary N) is 2. The van der Waals surface area contributed by atoms with Gasteiger partial charge in [-0.1, -0.05) is 0 Å². The van der Waals surface area contributed by atoms with Crippen LogP contribution in [0.1, 0.15) is 25.0 Å². The molecule has 3 aliphatic heterocycles. The molecule has 0 atom stereocenters. The van der Waals surface area contributed by atoms with Crippen LogP contribution in [0.3, 0.4) is 0 Å². The average Bonchev–Trinajstić information content (AvgIpc) is 3.31. The van der Waals surface area contributed by atoms with Crippen LogP contribution in [0.25, 0.3) is 20.4 Å². The maximum absolute atomic E-state index is 12.6. The highest BCUT2D eigenvalue weighted by molar-refractivity contribution is 7.26. The molecule has 0 radical (unpaired) electrons. The van der Waals surface area contributed by atoms with Crippen molar-refractivity contribution in [1.29, 1.82) is 0 Å². The van der Waals surface area contributed by atoms with Gasteiger partial charge in [-0.3, -0.25) is 9.69 Å². The predicted octanol–water partition coefficient (Wildman–Crippen LogP) is 1.79. The topological polar surface area (TPSA) is 114 Å². The van der Waals surface area contributed by atoms with E-state index in [0.29, 0.717) is 32.2 Å². The third kappa shape index (κ3) is 5.28. The maximum Gasteiger partial charge on any atom is 0.239 e. The second-order valence-electron chi connectivity index (χ2n) is 10.6. The lowest BCUT2D eigenvalue weighted by molar-refractivity contribution is -0.119. The number of rotatable bonds is 7. The van der Waals surface area contributed by atoms with Gasteiger partial charge in [0.2, 0.25) is 5.91 Å². The van der Waals surface area contributed by atoms with E-state index in [4.69, 9.17) is 19.2 Å². The van der Waals surface area contributed by atoms with Crippen LogP contribution in [0.15, 0.2) is 6.33 Å². The largest absolute Gasteiger partial charge is 0.379 e. The number of anilines is 2. The van der Waals surface area contributed by atoms with Crippen molar-refractivity contribution in [3.8, 4) is 0 Å². The molecule has 0 spiro atoms. The molecule has 38 heavy (non-hydrogen) atoms. The smallest absolute Gasteiger partial charge is 0.239 e. The number of hydrogen-bond acceptors (Lipinski definition) is 11. The minimum atomic E-state index is -0.273. The van der Waals surface area contributed by atoms with Crippen molar-refractivity contribution < 1.29 is 19.0 Å².